The summed E-state index contributed by atoms with van der Waals surface area (Å²) in [5.74, 6) is 0. The van der Waals surface area contributed by atoms with Crippen molar-refractivity contribution in [2.75, 3.05) is 0 Å². The van der Waals surface area contributed by atoms with Crippen LogP contribution in [0.2, 0.25) is 5.15 Å². The summed E-state index contributed by atoms with van der Waals surface area (Å²) >= 11 is 5.94. The van der Waals surface area contributed by atoms with Gasteiger partial charge in [0.05, 0.1) is 0 Å². The molecule has 2 aromatic rings. The quantitative estimate of drug-likeness (QED) is 0.672. The molecule has 0 saturated carbocycles. The maximum Gasteiger partial charge on any atom is 0.140 e. The Morgan fingerprint density at radius 1 is 1.29 bits per heavy atom. The second kappa shape index (κ2) is 3.72. The highest BCUT2D eigenvalue weighted by Crippen LogP contribution is 2.24. The summed E-state index contributed by atoms with van der Waals surface area (Å²) in [6.45, 7) is 1.93. The van der Waals surface area contributed by atoms with Gasteiger partial charge in [-0.25, -0.2) is 9.97 Å². The largest absolute Gasteiger partial charge is 0.262 e. The summed E-state index contributed by atoms with van der Waals surface area (Å²) in [7, 11) is 0. The van der Waals surface area contributed by atoms with Crippen LogP contribution < -0.4 is 0 Å². The molecule has 0 unspecified atom stereocenters. The number of halogens is 1. The second-order valence-electron chi connectivity index (χ2n) is 2.91. The van der Waals surface area contributed by atoms with Crippen LogP contribution in [0.25, 0.3) is 11.1 Å². The molecule has 0 spiro atoms. The van der Waals surface area contributed by atoms with E-state index in [9.17, 15) is 0 Å². The van der Waals surface area contributed by atoms with Gasteiger partial charge in [0.15, 0.2) is 0 Å². The van der Waals surface area contributed by atoms with Crippen LogP contribution in [0.3, 0.4) is 0 Å². The van der Waals surface area contributed by atoms with Crippen molar-refractivity contribution in [2.45, 2.75) is 6.92 Å². The average molecular weight is 206 g/mol. The van der Waals surface area contributed by atoms with E-state index in [1.54, 1.807) is 12.4 Å². The van der Waals surface area contributed by atoms with E-state index in [4.69, 9.17) is 11.6 Å². The van der Waals surface area contributed by atoms with Gasteiger partial charge in [-0.1, -0.05) is 11.6 Å². The molecule has 0 radical (unpaired) electrons. The highest BCUT2D eigenvalue weighted by atomic mass is 35.5. The van der Waals surface area contributed by atoms with E-state index in [2.05, 4.69) is 15.0 Å². The van der Waals surface area contributed by atoms with Crippen molar-refractivity contribution in [1.82, 2.24) is 15.0 Å². The highest BCUT2D eigenvalue weighted by molar-refractivity contribution is 6.32. The van der Waals surface area contributed by atoms with Crippen LogP contribution in [0.1, 0.15) is 5.69 Å². The molecule has 2 heterocycles. The van der Waals surface area contributed by atoms with Crippen molar-refractivity contribution in [2.24, 2.45) is 0 Å². The number of aromatic nitrogens is 3. The van der Waals surface area contributed by atoms with Crippen LogP contribution in [-0.2, 0) is 0 Å². The van der Waals surface area contributed by atoms with E-state index in [1.165, 1.54) is 6.33 Å². The fraction of sp³-hybridized carbons (Fsp3) is 0.100. The van der Waals surface area contributed by atoms with Crippen molar-refractivity contribution in [3.63, 3.8) is 0 Å². The standard InChI is InChI=1S/C10H8ClN3/c1-7-4-8(2-3-13-7)9-5-12-6-14-10(9)11/h2-6H,1H3. The lowest BCUT2D eigenvalue weighted by atomic mass is 10.1. The van der Waals surface area contributed by atoms with Gasteiger partial charge in [0, 0.05) is 23.7 Å². The number of nitrogens with zero attached hydrogens (tertiary/aromatic N) is 3. The maximum absolute atomic E-state index is 5.94. The molecule has 0 aliphatic rings. The lowest BCUT2D eigenvalue weighted by Gasteiger charge is -2.02. The fourth-order valence-electron chi connectivity index (χ4n) is 1.22. The van der Waals surface area contributed by atoms with E-state index in [-0.39, 0.29) is 0 Å². The molecule has 0 saturated heterocycles. The van der Waals surface area contributed by atoms with E-state index < -0.39 is 0 Å². The first-order valence-corrected chi connectivity index (χ1v) is 4.53. The molecule has 14 heavy (non-hydrogen) atoms. The molecule has 0 N–H and O–H groups in total. The first-order chi connectivity index (χ1) is 6.77. The third-order valence-corrected chi connectivity index (χ3v) is 2.17. The Morgan fingerprint density at radius 3 is 2.86 bits per heavy atom. The molecule has 0 atom stereocenters. The molecule has 0 amide bonds. The minimum absolute atomic E-state index is 0.464. The first kappa shape index (κ1) is 9.09. The van der Waals surface area contributed by atoms with Gasteiger partial charge in [-0.05, 0) is 24.6 Å². The van der Waals surface area contributed by atoms with Crippen molar-refractivity contribution in [1.29, 1.82) is 0 Å². The monoisotopic (exact) mass is 205 g/mol. The van der Waals surface area contributed by atoms with Gasteiger partial charge in [0.1, 0.15) is 11.5 Å². The van der Waals surface area contributed by atoms with Crippen LogP contribution >= 0.6 is 11.6 Å². The smallest absolute Gasteiger partial charge is 0.140 e. The van der Waals surface area contributed by atoms with Crippen LogP contribution in [0.4, 0.5) is 0 Å². The van der Waals surface area contributed by atoms with Gasteiger partial charge in [-0.15, -0.1) is 0 Å². The lowest BCUT2D eigenvalue weighted by Crippen LogP contribution is -1.87. The summed E-state index contributed by atoms with van der Waals surface area (Å²) in [5.41, 5.74) is 2.77. The number of hydrogen-bond donors (Lipinski definition) is 0. The molecule has 0 aliphatic heterocycles. The second-order valence-corrected chi connectivity index (χ2v) is 3.27. The van der Waals surface area contributed by atoms with Gasteiger partial charge in [-0.2, -0.15) is 0 Å². The number of pyridine rings is 1. The van der Waals surface area contributed by atoms with E-state index >= 15 is 0 Å². The summed E-state index contributed by atoms with van der Waals surface area (Å²) < 4.78 is 0. The van der Waals surface area contributed by atoms with Crippen molar-refractivity contribution >= 4 is 11.6 Å². The minimum atomic E-state index is 0.464. The van der Waals surface area contributed by atoms with Crippen molar-refractivity contribution < 1.29 is 0 Å². The number of aryl methyl sites for hydroxylation is 1. The summed E-state index contributed by atoms with van der Waals surface area (Å²) in [6, 6.07) is 3.84. The molecular weight excluding hydrogens is 198 g/mol. The zero-order valence-electron chi connectivity index (χ0n) is 7.61. The molecule has 0 aromatic carbocycles. The van der Waals surface area contributed by atoms with Gasteiger partial charge in [0.2, 0.25) is 0 Å². The number of rotatable bonds is 1. The first-order valence-electron chi connectivity index (χ1n) is 4.16. The molecule has 0 bridgehead atoms. The van der Waals surface area contributed by atoms with Gasteiger partial charge >= 0.3 is 0 Å². The molecule has 3 nitrogen and oxygen atoms in total. The van der Waals surface area contributed by atoms with E-state index in [1.807, 2.05) is 19.1 Å². The topological polar surface area (TPSA) is 38.7 Å². The average Bonchev–Trinajstić information content (AvgIpc) is 2.18. The molecule has 4 heteroatoms. The Balaban J connectivity index is 2.55. The van der Waals surface area contributed by atoms with Gasteiger partial charge < -0.3 is 0 Å². The Labute approximate surface area is 86.8 Å². The summed E-state index contributed by atoms with van der Waals surface area (Å²) in [5, 5.41) is 0.464. The fourth-order valence-corrected chi connectivity index (χ4v) is 1.42. The molecule has 2 aromatic heterocycles. The number of hydrogen-bond acceptors (Lipinski definition) is 3. The van der Waals surface area contributed by atoms with Gasteiger partial charge in [-0.3, -0.25) is 4.98 Å². The summed E-state index contributed by atoms with van der Waals surface area (Å²) in [6.07, 6.45) is 4.87. The minimum Gasteiger partial charge on any atom is -0.262 e. The van der Waals surface area contributed by atoms with Crippen LogP contribution in [0.15, 0.2) is 30.9 Å². The van der Waals surface area contributed by atoms with Crippen molar-refractivity contribution in [3.05, 3.63) is 41.7 Å². The van der Waals surface area contributed by atoms with Crippen LogP contribution in [0, 0.1) is 6.92 Å². The third kappa shape index (κ3) is 1.72. The van der Waals surface area contributed by atoms with E-state index in [0.29, 0.717) is 5.15 Å². The molecular formula is C10H8ClN3. The predicted molar refractivity (Wildman–Crippen MR) is 55.0 cm³/mol. The molecule has 0 aliphatic carbocycles. The summed E-state index contributed by atoms with van der Waals surface area (Å²) in [4.78, 5) is 12.0. The SMILES string of the molecule is Cc1cc(-c2cncnc2Cl)ccn1. The zero-order valence-corrected chi connectivity index (χ0v) is 8.36. The Hall–Kier alpha value is -1.48. The van der Waals surface area contributed by atoms with Crippen LogP contribution in [-0.4, -0.2) is 15.0 Å². The molecule has 0 fully saturated rings. The normalized spacial score (nSPS) is 10.1. The molecule has 70 valence electrons. The Morgan fingerprint density at radius 2 is 2.14 bits per heavy atom. The van der Waals surface area contributed by atoms with Crippen molar-refractivity contribution in [3.8, 4) is 11.1 Å². The lowest BCUT2D eigenvalue weighted by molar-refractivity contribution is 1.16. The maximum atomic E-state index is 5.94. The van der Waals surface area contributed by atoms with E-state index in [0.717, 1.165) is 16.8 Å². The van der Waals surface area contributed by atoms with Gasteiger partial charge in [0.25, 0.3) is 0 Å². The Bertz CT molecular complexity index is 457. The zero-order chi connectivity index (χ0) is 9.97. The molecule has 2 rings (SSSR count). The Kier molecular flexibility index (Phi) is 2.41. The predicted octanol–water partition coefficient (Wildman–Crippen LogP) is 2.50. The third-order valence-electron chi connectivity index (χ3n) is 1.87. The van der Waals surface area contributed by atoms with Crippen LogP contribution in [0.5, 0.6) is 0 Å². The highest BCUT2D eigenvalue weighted by Gasteiger charge is 2.03.